The molecule has 0 amide bonds. The van der Waals surface area contributed by atoms with E-state index in [-0.39, 0.29) is 11.4 Å². The van der Waals surface area contributed by atoms with Crippen molar-refractivity contribution in [2.45, 2.75) is 24.9 Å². The van der Waals surface area contributed by atoms with Gasteiger partial charge >= 0.3 is 0 Å². The molecule has 2 bridgehead atoms. The summed E-state index contributed by atoms with van der Waals surface area (Å²) in [6, 6.07) is 5.55. The number of benzene rings is 1. The zero-order chi connectivity index (χ0) is 13.7. The molecule has 3 heterocycles. The second-order valence-corrected chi connectivity index (χ2v) is 6.17. The van der Waals surface area contributed by atoms with Gasteiger partial charge in [0.15, 0.2) is 5.78 Å². The number of Topliss-reactive ketones (excluding diaryl/α,β-unsaturated/α-hetero) is 1. The van der Waals surface area contributed by atoms with E-state index in [9.17, 15) is 4.79 Å². The minimum atomic E-state index is -0.258. The molecule has 2 fully saturated rings. The average Bonchev–Trinajstić information content (AvgIpc) is 2.89. The van der Waals surface area contributed by atoms with Crippen LogP contribution in [0.4, 0.5) is 0 Å². The molecule has 3 unspecified atom stereocenters. The van der Waals surface area contributed by atoms with Crippen molar-refractivity contribution < 1.29 is 14.3 Å². The van der Waals surface area contributed by atoms with E-state index < -0.39 is 0 Å². The Balaban J connectivity index is 1.72. The number of hydrogen-bond acceptors (Lipinski definition) is 4. The van der Waals surface area contributed by atoms with E-state index in [1.54, 1.807) is 13.2 Å². The highest BCUT2D eigenvalue weighted by Crippen LogP contribution is 2.46. The van der Waals surface area contributed by atoms with E-state index in [2.05, 4.69) is 4.90 Å². The van der Waals surface area contributed by atoms with E-state index in [4.69, 9.17) is 9.47 Å². The second kappa shape index (κ2) is 4.22. The van der Waals surface area contributed by atoms with Crippen molar-refractivity contribution in [1.82, 2.24) is 4.90 Å². The van der Waals surface area contributed by atoms with Gasteiger partial charge in [0.1, 0.15) is 17.1 Å². The third kappa shape index (κ3) is 1.67. The summed E-state index contributed by atoms with van der Waals surface area (Å²) in [5, 5.41) is 0. The standard InChI is InChI=1S/C16H19NO3/c1-19-12-2-3-15-13(8-12)14(18)9-16(20-15)5-7-17-6-4-11(16)10-17/h2-3,8,11H,4-7,9-10H2,1H3. The maximum absolute atomic E-state index is 12.6. The highest BCUT2D eigenvalue weighted by atomic mass is 16.5. The molecular formula is C16H19NO3. The lowest BCUT2D eigenvalue weighted by Crippen LogP contribution is -2.53. The largest absolute Gasteiger partial charge is 0.497 e. The quantitative estimate of drug-likeness (QED) is 0.785. The van der Waals surface area contributed by atoms with Gasteiger partial charge in [-0.05, 0) is 31.2 Å². The van der Waals surface area contributed by atoms with Crippen molar-refractivity contribution in [3.8, 4) is 11.5 Å². The molecule has 3 atom stereocenters. The number of piperidine rings is 1. The monoisotopic (exact) mass is 273 g/mol. The normalized spacial score (nSPS) is 34.8. The van der Waals surface area contributed by atoms with Crippen LogP contribution in [0.1, 0.15) is 29.6 Å². The summed E-state index contributed by atoms with van der Waals surface area (Å²) >= 11 is 0. The Bertz CT molecular complexity index is 571. The van der Waals surface area contributed by atoms with Crippen molar-refractivity contribution in [3.63, 3.8) is 0 Å². The molecule has 2 saturated heterocycles. The fourth-order valence-electron chi connectivity index (χ4n) is 3.95. The van der Waals surface area contributed by atoms with Crippen LogP contribution in [-0.2, 0) is 0 Å². The molecule has 4 heteroatoms. The van der Waals surface area contributed by atoms with Crippen molar-refractivity contribution >= 4 is 5.78 Å². The predicted molar refractivity (Wildman–Crippen MR) is 74.5 cm³/mol. The Hall–Kier alpha value is -1.55. The van der Waals surface area contributed by atoms with Crippen LogP contribution in [0.5, 0.6) is 11.5 Å². The van der Waals surface area contributed by atoms with Crippen molar-refractivity contribution in [2.75, 3.05) is 26.7 Å². The first-order chi connectivity index (χ1) is 9.70. The van der Waals surface area contributed by atoms with E-state index in [0.717, 1.165) is 38.2 Å². The van der Waals surface area contributed by atoms with Gasteiger partial charge in [0.25, 0.3) is 0 Å². The van der Waals surface area contributed by atoms with Crippen LogP contribution in [0.2, 0.25) is 0 Å². The van der Waals surface area contributed by atoms with Gasteiger partial charge in [-0.25, -0.2) is 0 Å². The number of carbonyl (C=O) groups excluding carboxylic acids is 1. The minimum Gasteiger partial charge on any atom is -0.497 e. The first-order valence-electron chi connectivity index (χ1n) is 7.33. The summed E-state index contributed by atoms with van der Waals surface area (Å²) in [6.45, 7) is 3.29. The summed E-state index contributed by atoms with van der Waals surface area (Å²) in [6.07, 6.45) is 2.64. The Morgan fingerprint density at radius 1 is 1.40 bits per heavy atom. The average molecular weight is 273 g/mol. The van der Waals surface area contributed by atoms with Crippen molar-refractivity contribution in [3.05, 3.63) is 23.8 Å². The summed E-state index contributed by atoms with van der Waals surface area (Å²) in [5.41, 5.74) is 0.418. The van der Waals surface area contributed by atoms with Gasteiger partial charge in [-0.2, -0.15) is 0 Å². The maximum atomic E-state index is 12.6. The Labute approximate surface area is 118 Å². The van der Waals surface area contributed by atoms with Gasteiger partial charge in [-0.1, -0.05) is 0 Å². The zero-order valence-electron chi connectivity index (χ0n) is 11.7. The topological polar surface area (TPSA) is 38.8 Å². The van der Waals surface area contributed by atoms with Crippen molar-refractivity contribution in [1.29, 1.82) is 0 Å². The van der Waals surface area contributed by atoms with E-state index >= 15 is 0 Å². The van der Waals surface area contributed by atoms with Crippen LogP contribution in [0.25, 0.3) is 0 Å². The molecule has 106 valence electrons. The number of ketones is 1. The van der Waals surface area contributed by atoms with E-state index in [1.807, 2.05) is 12.1 Å². The summed E-state index contributed by atoms with van der Waals surface area (Å²) in [4.78, 5) is 15.0. The Morgan fingerprint density at radius 2 is 2.30 bits per heavy atom. The lowest BCUT2D eigenvalue weighted by atomic mass is 9.76. The molecule has 0 aliphatic carbocycles. The lowest BCUT2D eigenvalue weighted by Gasteiger charge is -2.45. The molecule has 4 nitrogen and oxygen atoms in total. The van der Waals surface area contributed by atoms with Crippen LogP contribution >= 0.6 is 0 Å². The molecule has 3 aliphatic rings. The summed E-state index contributed by atoms with van der Waals surface area (Å²) < 4.78 is 11.6. The molecule has 0 aromatic heterocycles. The lowest BCUT2D eigenvalue weighted by molar-refractivity contribution is -0.0294. The van der Waals surface area contributed by atoms with Gasteiger partial charge in [0, 0.05) is 25.4 Å². The molecule has 0 N–H and O–H groups in total. The zero-order valence-corrected chi connectivity index (χ0v) is 11.7. The SMILES string of the molecule is COc1ccc2c(c1)C(=O)CC1(CCN3CCC1C3)O2. The predicted octanol–water partition coefficient (Wildman–Crippen LogP) is 2.12. The van der Waals surface area contributed by atoms with Crippen LogP contribution in [0, 0.1) is 5.92 Å². The molecule has 4 rings (SSSR count). The third-order valence-electron chi connectivity index (χ3n) is 5.13. The molecule has 20 heavy (non-hydrogen) atoms. The highest BCUT2D eigenvalue weighted by Gasteiger charge is 2.51. The van der Waals surface area contributed by atoms with Crippen LogP contribution in [0.15, 0.2) is 18.2 Å². The van der Waals surface area contributed by atoms with Gasteiger partial charge < -0.3 is 14.4 Å². The van der Waals surface area contributed by atoms with E-state index in [1.165, 1.54) is 0 Å². The molecule has 0 radical (unpaired) electrons. The summed E-state index contributed by atoms with van der Waals surface area (Å²) in [5.74, 6) is 2.15. The number of nitrogens with zero attached hydrogens (tertiary/aromatic N) is 1. The number of ether oxygens (including phenoxy) is 2. The van der Waals surface area contributed by atoms with Gasteiger partial charge in [0.05, 0.1) is 19.1 Å². The van der Waals surface area contributed by atoms with Crippen LogP contribution in [-0.4, -0.2) is 43.0 Å². The molecule has 1 spiro atoms. The maximum Gasteiger partial charge on any atom is 0.170 e. The van der Waals surface area contributed by atoms with Crippen molar-refractivity contribution in [2.24, 2.45) is 5.92 Å². The fraction of sp³-hybridized carbons (Fsp3) is 0.562. The van der Waals surface area contributed by atoms with Gasteiger partial charge in [-0.15, -0.1) is 0 Å². The number of fused-ring (bicyclic) bond motifs is 4. The first kappa shape index (κ1) is 12.2. The Kier molecular flexibility index (Phi) is 2.58. The smallest absolute Gasteiger partial charge is 0.170 e. The number of rotatable bonds is 1. The Morgan fingerprint density at radius 3 is 3.15 bits per heavy atom. The minimum absolute atomic E-state index is 0.200. The number of hydrogen-bond donors (Lipinski definition) is 0. The first-order valence-corrected chi connectivity index (χ1v) is 7.33. The molecule has 1 aromatic rings. The van der Waals surface area contributed by atoms with Crippen LogP contribution < -0.4 is 9.47 Å². The van der Waals surface area contributed by atoms with Crippen LogP contribution in [0.3, 0.4) is 0 Å². The number of methoxy groups -OCH3 is 1. The second-order valence-electron chi connectivity index (χ2n) is 6.17. The molecular weight excluding hydrogens is 254 g/mol. The molecule has 0 saturated carbocycles. The molecule has 3 aliphatic heterocycles. The third-order valence-corrected chi connectivity index (χ3v) is 5.13. The highest BCUT2D eigenvalue weighted by molar-refractivity contribution is 6.00. The number of carbonyl (C=O) groups is 1. The van der Waals surface area contributed by atoms with Gasteiger partial charge in [-0.3, -0.25) is 4.79 Å². The summed E-state index contributed by atoms with van der Waals surface area (Å²) in [7, 11) is 1.62. The van der Waals surface area contributed by atoms with Gasteiger partial charge in [0.2, 0.25) is 0 Å². The molecule has 1 aromatic carbocycles. The van der Waals surface area contributed by atoms with E-state index in [0.29, 0.717) is 23.7 Å². The fourth-order valence-corrected chi connectivity index (χ4v) is 3.95.